The zero-order valence-corrected chi connectivity index (χ0v) is 18.5. The average molecular weight is 471 g/mol. The van der Waals surface area contributed by atoms with Crippen LogP contribution in [0.2, 0.25) is 0 Å². The van der Waals surface area contributed by atoms with Crippen molar-refractivity contribution in [2.45, 2.75) is 0 Å². The smallest absolute Gasteiger partial charge is 0.438 e. The summed E-state index contributed by atoms with van der Waals surface area (Å²) >= 11 is 0. The zero-order valence-electron chi connectivity index (χ0n) is 18.5. The first-order chi connectivity index (χ1) is 16.6. The number of methoxy groups -OCH3 is 1. The van der Waals surface area contributed by atoms with Crippen LogP contribution in [0, 0.1) is 11.6 Å². The third-order valence-electron chi connectivity index (χ3n) is 4.64. The molecule has 0 unspecified atom stereocenters. The molecule has 0 saturated carbocycles. The molecule has 0 radical (unpaired) electrons. The number of nitrogens with one attached hydrogen (secondary N) is 3. The van der Waals surface area contributed by atoms with E-state index in [1.807, 2.05) is 18.2 Å². The van der Waals surface area contributed by atoms with Crippen molar-refractivity contribution >= 4 is 35.9 Å². The Morgan fingerprint density at radius 1 is 0.971 bits per heavy atom. The van der Waals surface area contributed by atoms with Crippen LogP contribution in [0.3, 0.4) is 0 Å². The summed E-state index contributed by atoms with van der Waals surface area (Å²) < 4.78 is 49.4. The van der Waals surface area contributed by atoms with Crippen LogP contribution in [0.1, 0.15) is 0 Å². The summed E-state index contributed by atoms with van der Waals surface area (Å²) in [6.45, 7) is 2.10. The standard InChI is InChI=1S/C22H24BF2N5O4/c1-31-7-8-32-9-10-33-20-6-5-16(12-18(20)24)28-22-26-13-19(25)21(29-22)27-15-3-2-4-17(11-15)30-23-14-34-23/h2-6,11-13,30H,7-10,14H2,1H3,(H2,26,27,28,29). The Hall–Kier alpha value is -3.48. The lowest BCUT2D eigenvalue weighted by molar-refractivity contribution is 0.0538. The van der Waals surface area contributed by atoms with Gasteiger partial charge in [-0.3, -0.25) is 0 Å². The molecule has 3 aromatic rings. The molecule has 1 aliphatic heterocycles. The van der Waals surface area contributed by atoms with Crippen LogP contribution in [0.25, 0.3) is 0 Å². The molecule has 1 fully saturated rings. The topological polar surface area (TPSA) is 102 Å². The number of benzene rings is 2. The summed E-state index contributed by atoms with van der Waals surface area (Å²) in [4.78, 5) is 8.10. The van der Waals surface area contributed by atoms with Gasteiger partial charge >= 0.3 is 7.05 Å². The van der Waals surface area contributed by atoms with E-state index in [9.17, 15) is 8.78 Å². The highest BCUT2D eigenvalue weighted by molar-refractivity contribution is 6.63. The van der Waals surface area contributed by atoms with Gasteiger partial charge in [0.15, 0.2) is 23.2 Å². The van der Waals surface area contributed by atoms with Gasteiger partial charge in [0, 0.05) is 30.2 Å². The molecule has 178 valence electrons. The molecule has 34 heavy (non-hydrogen) atoms. The first-order valence-corrected chi connectivity index (χ1v) is 10.6. The fraction of sp³-hybridized carbons (Fsp3) is 0.273. The number of rotatable bonds is 13. The highest BCUT2D eigenvalue weighted by atomic mass is 19.1. The first-order valence-electron chi connectivity index (χ1n) is 10.6. The van der Waals surface area contributed by atoms with Gasteiger partial charge in [0.25, 0.3) is 0 Å². The maximum atomic E-state index is 14.4. The van der Waals surface area contributed by atoms with Gasteiger partial charge in [-0.15, -0.1) is 0 Å². The third-order valence-corrected chi connectivity index (χ3v) is 4.64. The lowest BCUT2D eigenvalue weighted by Crippen LogP contribution is -2.10. The third kappa shape index (κ3) is 7.01. The van der Waals surface area contributed by atoms with Crippen molar-refractivity contribution in [2.24, 2.45) is 0 Å². The van der Waals surface area contributed by atoms with Crippen molar-refractivity contribution in [3.8, 4) is 5.75 Å². The minimum Gasteiger partial charge on any atom is -0.488 e. The van der Waals surface area contributed by atoms with Gasteiger partial charge in [-0.05, 0) is 30.3 Å². The molecule has 4 rings (SSSR count). The van der Waals surface area contributed by atoms with E-state index in [1.165, 1.54) is 12.1 Å². The van der Waals surface area contributed by atoms with Gasteiger partial charge in [-0.2, -0.15) is 4.98 Å². The number of hydrogen-bond donors (Lipinski definition) is 3. The number of nitrogens with zero attached hydrogens (tertiary/aromatic N) is 2. The fourth-order valence-corrected chi connectivity index (χ4v) is 2.94. The second-order valence-electron chi connectivity index (χ2n) is 7.29. The van der Waals surface area contributed by atoms with E-state index in [-0.39, 0.29) is 31.2 Å². The van der Waals surface area contributed by atoms with E-state index in [1.54, 1.807) is 19.2 Å². The number of hydrogen-bond acceptors (Lipinski definition) is 9. The van der Waals surface area contributed by atoms with Crippen LogP contribution < -0.4 is 20.6 Å². The van der Waals surface area contributed by atoms with Crippen molar-refractivity contribution in [1.29, 1.82) is 0 Å². The van der Waals surface area contributed by atoms with E-state index in [0.717, 1.165) is 11.9 Å². The van der Waals surface area contributed by atoms with E-state index in [0.29, 0.717) is 37.7 Å². The summed E-state index contributed by atoms with van der Waals surface area (Å²) in [6.07, 6.45) is 1.04. The minimum absolute atomic E-state index is 0.00764. The van der Waals surface area contributed by atoms with Crippen molar-refractivity contribution in [3.63, 3.8) is 0 Å². The van der Waals surface area contributed by atoms with Crippen LogP contribution in [-0.2, 0) is 14.1 Å². The number of aromatic nitrogens is 2. The number of halogens is 2. The Balaban J connectivity index is 1.36. The van der Waals surface area contributed by atoms with E-state index in [4.69, 9.17) is 18.9 Å². The molecular weight excluding hydrogens is 447 g/mol. The molecular formula is C22H24BF2N5O4. The quantitative estimate of drug-likeness (QED) is 0.195. The summed E-state index contributed by atoms with van der Waals surface area (Å²) in [7, 11) is 1.59. The Morgan fingerprint density at radius 3 is 2.56 bits per heavy atom. The van der Waals surface area contributed by atoms with Gasteiger partial charge in [0.2, 0.25) is 5.95 Å². The van der Waals surface area contributed by atoms with E-state index in [2.05, 4.69) is 25.8 Å². The summed E-state index contributed by atoms with van der Waals surface area (Å²) in [5.74, 6) is -1.02. The predicted molar refractivity (Wildman–Crippen MR) is 125 cm³/mol. The molecule has 0 aliphatic carbocycles. The van der Waals surface area contributed by atoms with Crippen molar-refractivity contribution in [1.82, 2.24) is 9.97 Å². The molecule has 1 aliphatic rings. The van der Waals surface area contributed by atoms with Crippen LogP contribution in [0.5, 0.6) is 5.75 Å². The second kappa shape index (κ2) is 11.6. The molecule has 1 saturated heterocycles. The zero-order chi connectivity index (χ0) is 23.8. The van der Waals surface area contributed by atoms with Crippen LogP contribution in [0.15, 0.2) is 48.7 Å². The molecule has 3 N–H and O–H groups in total. The maximum Gasteiger partial charge on any atom is 0.438 e. The molecule has 1 aromatic heterocycles. The lowest BCUT2D eigenvalue weighted by atomic mass is 9.96. The molecule has 12 heteroatoms. The van der Waals surface area contributed by atoms with Crippen LogP contribution in [-0.4, -0.2) is 57.1 Å². The summed E-state index contributed by atoms with van der Waals surface area (Å²) in [6, 6.07) is 11.6. The van der Waals surface area contributed by atoms with Gasteiger partial charge < -0.3 is 34.7 Å². The molecule has 9 nitrogen and oxygen atoms in total. The SMILES string of the molecule is COCCOCCOc1ccc(Nc2ncc(F)c(Nc3cccc(NB4CO4)c3)n2)cc1F. The molecule has 0 amide bonds. The lowest BCUT2D eigenvalue weighted by Gasteiger charge is -2.12. The van der Waals surface area contributed by atoms with Crippen LogP contribution >= 0.6 is 0 Å². The van der Waals surface area contributed by atoms with Gasteiger partial charge in [-0.25, -0.2) is 13.8 Å². The summed E-state index contributed by atoms with van der Waals surface area (Å²) in [5, 5.41) is 8.98. The Morgan fingerprint density at radius 2 is 1.76 bits per heavy atom. The number of ether oxygens (including phenoxy) is 3. The fourth-order valence-electron chi connectivity index (χ4n) is 2.94. The van der Waals surface area contributed by atoms with Crippen molar-refractivity contribution in [2.75, 3.05) is 55.9 Å². The predicted octanol–water partition coefficient (Wildman–Crippen LogP) is 3.75. The van der Waals surface area contributed by atoms with E-state index >= 15 is 0 Å². The Bertz CT molecular complexity index is 1110. The van der Waals surface area contributed by atoms with Gasteiger partial charge in [0.1, 0.15) is 6.61 Å². The van der Waals surface area contributed by atoms with Crippen molar-refractivity contribution in [3.05, 3.63) is 60.3 Å². The van der Waals surface area contributed by atoms with Crippen molar-refractivity contribution < 1.29 is 27.6 Å². The van der Waals surface area contributed by atoms with Gasteiger partial charge in [-0.1, -0.05) is 6.07 Å². The second-order valence-corrected chi connectivity index (χ2v) is 7.29. The highest BCUT2D eigenvalue weighted by Crippen LogP contribution is 2.25. The monoisotopic (exact) mass is 471 g/mol. The Labute approximate surface area is 195 Å². The van der Waals surface area contributed by atoms with E-state index < -0.39 is 11.6 Å². The molecule has 2 heterocycles. The van der Waals surface area contributed by atoms with Crippen LogP contribution in [0.4, 0.5) is 37.6 Å². The minimum atomic E-state index is -0.628. The number of anilines is 5. The largest absolute Gasteiger partial charge is 0.488 e. The average Bonchev–Trinajstić information content (AvgIpc) is 3.64. The molecule has 0 atom stereocenters. The maximum absolute atomic E-state index is 14.4. The molecule has 0 spiro atoms. The normalized spacial score (nSPS) is 12.4. The Kier molecular flexibility index (Phi) is 8.07. The molecule has 2 aromatic carbocycles. The first kappa shape index (κ1) is 23.7. The molecule has 0 bridgehead atoms. The van der Waals surface area contributed by atoms with Gasteiger partial charge in [0.05, 0.1) is 32.5 Å². The highest BCUT2D eigenvalue weighted by Gasteiger charge is 2.30. The summed E-state index contributed by atoms with van der Waals surface area (Å²) in [5.41, 5.74) is 1.85.